The van der Waals surface area contributed by atoms with E-state index in [1.807, 2.05) is 4.68 Å². The van der Waals surface area contributed by atoms with Gasteiger partial charge in [0.25, 0.3) is 0 Å². The number of rotatable bonds is 2. The monoisotopic (exact) mass is 265 g/mol. The molecule has 18 heavy (non-hydrogen) atoms. The van der Waals surface area contributed by atoms with Crippen molar-refractivity contribution < 1.29 is 0 Å². The zero-order chi connectivity index (χ0) is 13.1. The standard InChI is InChI=1S/C14H20ClN3/c1-10(2)13-12(9-16)14(15)18(17-13)11-7-5-3-4-6-8-11/h10-11H,3-8H2,1-2H3. The highest BCUT2D eigenvalue weighted by Crippen LogP contribution is 2.33. The summed E-state index contributed by atoms with van der Waals surface area (Å²) >= 11 is 6.34. The summed E-state index contributed by atoms with van der Waals surface area (Å²) in [6.07, 6.45) is 7.34. The number of hydrogen-bond acceptors (Lipinski definition) is 2. The van der Waals surface area contributed by atoms with Gasteiger partial charge in [0.1, 0.15) is 16.8 Å². The van der Waals surface area contributed by atoms with Crippen LogP contribution in [0.2, 0.25) is 5.15 Å². The fraction of sp³-hybridized carbons (Fsp3) is 0.714. The van der Waals surface area contributed by atoms with Crippen molar-refractivity contribution in [2.45, 2.75) is 64.3 Å². The number of aromatic nitrogens is 2. The van der Waals surface area contributed by atoms with Crippen LogP contribution in [0.5, 0.6) is 0 Å². The van der Waals surface area contributed by atoms with Gasteiger partial charge in [0.05, 0.1) is 11.7 Å². The maximum atomic E-state index is 9.23. The zero-order valence-corrected chi connectivity index (χ0v) is 11.9. The molecule has 0 bridgehead atoms. The van der Waals surface area contributed by atoms with Crippen LogP contribution >= 0.6 is 11.6 Å². The van der Waals surface area contributed by atoms with E-state index in [0.29, 0.717) is 16.8 Å². The minimum atomic E-state index is 0.240. The number of nitriles is 1. The van der Waals surface area contributed by atoms with Gasteiger partial charge < -0.3 is 0 Å². The molecule has 0 unspecified atom stereocenters. The Morgan fingerprint density at radius 2 is 1.89 bits per heavy atom. The topological polar surface area (TPSA) is 41.6 Å². The molecular formula is C14H20ClN3. The van der Waals surface area contributed by atoms with Crippen molar-refractivity contribution in [2.24, 2.45) is 0 Å². The van der Waals surface area contributed by atoms with Gasteiger partial charge >= 0.3 is 0 Å². The average molecular weight is 266 g/mol. The predicted octanol–water partition coefficient (Wildman–Crippen LogP) is 4.43. The van der Waals surface area contributed by atoms with E-state index in [4.69, 9.17) is 11.6 Å². The van der Waals surface area contributed by atoms with Gasteiger partial charge in [-0.05, 0) is 18.8 Å². The van der Waals surface area contributed by atoms with E-state index in [-0.39, 0.29) is 5.92 Å². The Labute approximate surface area is 114 Å². The SMILES string of the molecule is CC(C)c1nn(C2CCCCCC2)c(Cl)c1C#N. The first-order valence-electron chi connectivity index (χ1n) is 6.83. The largest absolute Gasteiger partial charge is 0.249 e. The molecule has 0 atom stereocenters. The number of nitrogens with zero attached hydrogens (tertiary/aromatic N) is 3. The van der Waals surface area contributed by atoms with Crippen LogP contribution in [0, 0.1) is 11.3 Å². The lowest BCUT2D eigenvalue weighted by Gasteiger charge is -2.15. The van der Waals surface area contributed by atoms with Gasteiger partial charge in [-0.3, -0.25) is 0 Å². The van der Waals surface area contributed by atoms with Crippen LogP contribution in [0.1, 0.15) is 75.6 Å². The summed E-state index contributed by atoms with van der Waals surface area (Å²) in [5.74, 6) is 0.240. The first-order chi connectivity index (χ1) is 8.65. The highest BCUT2D eigenvalue weighted by Gasteiger charge is 2.23. The summed E-state index contributed by atoms with van der Waals surface area (Å²) in [6, 6.07) is 2.58. The third kappa shape index (κ3) is 2.54. The molecule has 1 aromatic rings. The van der Waals surface area contributed by atoms with E-state index < -0.39 is 0 Å². The van der Waals surface area contributed by atoms with Gasteiger partial charge in [-0.25, -0.2) is 4.68 Å². The molecule has 1 aliphatic rings. The van der Waals surface area contributed by atoms with Crippen molar-refractivity contribution in [3.8, 4) is 6.07 Å². The first kappa shape index (κ1) is 13.4. The molecule has 2 rings (SSSR count). The summed E-state index contributed by atoms with van der Waals surface area (Å²) in [6.45, 7) is 4.11. The molecule has 0 spiro atoms. The Kier molecular flexibility index (Phi) is 4.29. The van der Waals surface area contributed by atoms with Gasteiger partial charge in [-0.15, -0.1) is 0 Å². The van der Waals surface area contributed by atoms with Gasteiger partial charge in [0, 0.05) is 0 Å². The Morgan fingerprint density at radius 1 is 1.28 bits per heavy atom. The van der Waals surface area contributed by atoms with Crippen molar-refractivity contribution in [2.75, 3.05) is 0 Å². The summed E-state index contributed by atoms with van der Waals surface area (Å²) in [5, 5.41) is 14.4. The summed E-state index contributed by atoms with van der Waals surface area (Å²) < 4.78 is 1.90. The van der Waals surface area contributed by atoms with Gasteiger partial charge in [0.15, 0.2) is 0 Å². The summed E-state index contributed by atoms with van der Waals surface area (Å²) in [4.78, 5) is 0. The molecule has 1 aliphatic carbocycles. The second-order valence-corrected chi connectivity index (χ2v) is 5.77. The Balaban J connectivity index is 2.35. The van der Waals surface area contributed by atoms with Crippen LogP contribution < -0.4 is 0 Å². The third-order valence-corrected chi connectivity index (χ3v) is 4.07. The minimum absolute atomic E-state index is 0.240. The van der Waals surface area contributed by atoms with Gasteiger partial charge in [-0.1, -0.05) is 51.1 Å². The van der Waals surface area contributed by atoms with Crippen LogP contribution in [-0.4, -0.2) is 9.78 Å². The molecule has 1 aromatic heterocycles. The number of hydrogen-bond donors (Lipinski definition) is 0. The lowest BCUT2D eigenvalue weighted by atomic mass is 10.1. The highest BCUT2D eigenvalue weighted by molar-refractivity contribution is 6.30. The second kappa shape index (κ2) is 5.75. The first-order valence-corrected chi connectivity index (χ1v) is 7.21. The van der Waals surface area contributed by atoms with Crippen LogP contribution in [0.4, 0.5) is 0 Å². The molecule has 3 nitrogen and oxygen atoms in total. The lowest BCUT2D eigenvalue weighted by Crippen LogP contribution is -2.10. The summed E-state index contributed by atoms with van der Waals surface area (Å²) in [5.41, 5.74) is 1.41. The molecule has 0 N–H and O–H groups in total. The smallest absolute Gasteiger partial charge is 0.145 e. The van der Waals surface area contributed by atoms with Crippen molar-refractivity contribution in [3.63, 3.8) is 0 Å². The van der Waals surface area contributed by atoms with E-state index in [1.165, 1.54) is 25.7 Å². The van der Waals surface area contributed by atoms with E-state index in [1.54, 1.807) is 0 Å². The molecule has 4 heteroatoms. The van der Waals surface area contributed by atoms with Crippen molar-refractivity contribution in [1.82, 2.24) is 9.78 Å². The molecule has 0 aromatic carbocycles. The van der Waals surface area contributed by atoms with Gasteiger partial charge in [0.2, 0.25) is 0 Å². The molecular weight excluding hydrogens is 246 g/mol. The maximum Gasteiger partial charge on any atom is 0.145 e. The zero-order valence-electron chi connectivity index (χ0n) is 11.1. The van der Waals surface area contributed by atoms with E-state index in [9.17, 15) is 5.26 Å². The molecule has 0 radical (unpaired) electrons. The molecule has 98 valence electrons. The molecule has 0 saturated heterocycles. The van der Waals surface area contributed by atoms with Crippen LogP contribution in [0.25, 0.3) is 0 Å². The van der Waals surface area contributed by atoms with Crippen molar-refractivity contribution in [3.05, 3.63) is 16.4 Å². The normalized spacial score (nSPS) is 17.7. The van der Waals surface area contributed by atoms with Crippen LogP contribution in [-0.2, 0) is 0 Å². The predicted molar refractivity (Wildman–Crippen MR) is 72.8 cm³/mol. The van der Waals surface area contributed by atoms with Gasteiger partial charge in [-0.2, -0.15) is 10.4 Å². The van der Waals surface area contributed by atoms with E-state index in [2.05, 4.69) is 25.0 Å². The quantitative estimate of drug-likeness (QED) is 0.743. The number of halogens is 1. The molecule has 1 saturated carbocycles. The maximum absolute atomic E-state index is 9.23. The van der Waals surface area contributed by atoms with Crippen LogP contribution in [0.3, 0.4) is 0 Å². The fourth-order valence-corrected chi connectivity index (χ4v) is 3.00. The Morgan fingerprint density at radius 3 is 2.33 bits per heavy atom. The third-order valence-electron chi connectivity index (χ3n) is 3.71. The average Bonchev–Trinajstić information content (AvgIpc) is 2.55. The minimum Gasteiger partial charge on any atom is -0.249 e. The van der Waals surface area contributed by atoms with Crippen molar-refractivity contribution >= 4 is 11.6 Å². The lowest BCUT2D eigenvalue weighted by molar-refractivity contribution is 0.402. The van der Waals surface area contributed by atoms with E-state index >= 15 is 0 Å². The highest BCUT2D eigenvalue weighted by atomic mass is 35.5. The van der Waals surface area contributed by atoms with Crippen molar-refractivity contribution in [1.29, 1.82) is 5.26 Å². The fourth-order valence-electron chi connectivity index (χ4n) is 2.68. The second-order valence-electron chi connectivity index (χ2n) is 5.41. The Hall–Kier alpha value is -1.01. The molecule has 0 amide bonds. The molecule has 1 heterocycles. The summed E-state index contributed by atoms with van der Waals surface area (Å²) in [7, 11) is 0. The van der Waals surface area contributed by atoms with Crippen LogP contribution in [0.15, 0.2) is 0 Å². The molecule has 0 aliphatic heterocycles. The molecule has 1 fully saturated rings. The van der Waals surface area contributed by atoms with E-state index in [0.717, 1.165) is 18.5 Å². The Bertz CT molecular complexity index is 448.